The summed E-state index contributed by atoms with van der Waals surface area (Å²) in [6.07, 6.45) is 2.60. The minimum Gasteiger partial charge on any atom is -0.387 e. The van der Waals surface area contributed by atoms with Gasteiger partial charge in [0, 0.05) is 12.3 Å². The van der Waals surface area contributed by atoms with Crippen LogP contribution in [0, 0.1) is 5.92 Å². The summed E-state index contributed by atoms with van der Waals surface area (Å²) in [7, 11) is 0. The number of thiol groups is 1. The van der Waals surface area contributed by atoms with Crippen LogP contribution in [0.1, 0.15) is 12.8 Å². The quantitative estimate of drug-likeness (QED) is 0.451. The highest BCUT2D eigenvalue weighted by Crippen LogP contribution is 2.29. The zero-order valence-corrected chi connectivity index (χ0v) is 11.2. The minimum atomic E-state index is 0. The van der Waals surface area contributed by atoms with Crippen molar-refractivity contribution in [3.63, 3.8) is 0 Å². The predicted octanol–water partition coefficient (Wildman–Crippen LogP) is 1.21. The molecule has 3 aliphatic heterocycles. The summed E-state index contributed by atoms with van der Waals surface area (Å²) in [5.41, 5.74) is 5.69. The number of amidine groups is 1. The zero-order valence-electron chi connectivity index (χ0n) is 8.63. The Hall–Kier alpha value is 0.360. The molecule has 0 aromatic heterocycles. The first-order valence-corrected chi connectivity index (χ1v) is 5.58. The van der Waals surface area contributed by atoms with Gasteiger partial charge in [0.2, 0.25) is 0 Å². The van der Waals surface area contributed by atoms with Gasteiger partial charge in [0.15, 0.2) is 0 Å². The van der Waals surface area contributed by atoms with Crippen LogP contribution in [-0.4, -0.2) is 42.2 Å². The summed E-state index contributed by atoms with van der Waals surface area (Å²) in [4.78, 5) is 7.00. The van der Waals surface area contributed by atoms with Crippen molar-refractivity contribution in [2.45, 2.75) is 18.9 Å². The number of piperidine rings is 3. The molecule has 3 aliphatic rings. The van der Waals surface area contributed by atoms with Crippen LogP contribution in [0.2, 0.25) is 0 Å². The van der Waals surface area contributed by atoms with Crippen molar-refractivity contribution in [1.82, 2.24) is 4.90 Å². The highest BCUT2D eigenvalue weighted by atomic mass is 35.5. The molecule has 2 N–H and O–H groups in total. The molecule has 0 saturated carbocycles. The van der Waals surface area contributed by atoms with E-state index in [0.29, 0.717) is 17.6 Å². The molecule has 0 amide bonds. The van der Waals surface area contributed by atoms with Crippen LogP contribution < -0.4 is 5.73 Å². The Morgan fingerprint density at radius 2 is 1.93 bits per heavy atom. The number of fused-ring (bicyclic) bond motifs is 3. The second-order valence-corrected chi connectivity index (χ2v) is 4.30. The fraction of sp³-hybridized carbons (Fsp3) is 0.889. The lowest BCUT2D eigenvalue weighted by molar-refractivity contribution is 0.0905. The fourth-order valence-corrected chi connectivity index (χ4v) is 2.42. The Kier molecular flexibility index (Phi) is 7.00. The first-order valence-electron chi connectivity index (χ1n) is 4.95. The summed E-state index contributed by atoms with van der Waals surface area (Å²) in [6, 6.07) is 0.453. The first kappa shape index (κ1) is 15.4. The molecule has 0 aliphatic carbocycles. The Labute approximate surface area is 109 Å². The smallest absolute Gasteiger partial charge is 0.104 e. The summed E-state index contributed by atoms with van der Waals surface area (Å²) in [6.45, 7) is 3.63. The van der Waals surface area contributed by atoms with E-state index in [1.165, 1.54) is 25.9 Å². The molecular formula is C9H19Cl2N3S. The molecule has 15 heavy (non-hydrogen) atoms. The van der Waals surface area contributed by atoms with Gasteiger partial charge in [-0.2, -0.15) is 12.6 Å². The lowest BCUT2D eigenvalue weighted by Gasteiger charge is -2.43. The van der Waals surface area contributed by atoms with E-state index in [9.17, 15) is 0 Å². The van der Waals surface area contributed by atoms with Crippen LogP contribution in [0.4, 0.5) is 0 Å². The van der Waals surface area contributed by atoms with E-state index in [4.69, 9.17) is 5.73 Å². The zero-order chi connectivity index (χ0) is 9.26. The normalized spacial score (nSPS) is 34.2. The van der Waals surface area contributed by atoms with E-state index in [2.05, 4.69) is 22.5 Å². The van der Waals surface area contributed by atoms with Crippen molar-refractivity contribution in [1.29, 1.82) is 0 Å². The number of hydrogen-bond acceptors (Lipinski definition) is 3. The molecule has 3 fully saturated rings. The SMILES string of the molecule is Cl.Cl.NC(CS)=NC1CN2CCC1CC2. The lowest BCUT2D eigenvalue weighted by Crippen LogP contribution is -2.50. The number of halogens is 2. The average Bonchev–Trinajstić information content (AvgIpc) is 2.19. The molecule has 0 spiro atoms. The van der Waals surface area contributed by atoms with Gasteiger partial charge in [0.1, 0.15) is 5.84 Å². The highest BCUT2D eigenvalue weighted by molar-refractivity contribution is 7.81. The van der Waals surface area contributed by atoms with Crippen molar-refractivity contribution in [3.05, 3.63) is 0 Å². The van der Waals surface area contributed by atoms with Crippen LogP contribution in [-0.2, 0) is 0 Å². The molecule has 6 heteroatoms. The van der Waals surface area contributed by atoms with E-state index in [0.717, 1.165) is 12.5 Å². The van der Waals surface area contributed by atoms with Gasteiger partial charge in [-0.25, -0.2) is 0 Å². The van der Waals surface area contributed by atoms with Gasteiger partial charge in [0.25, 0.3) is 0 Å². The average molecular weight is 272 g/mol. The molecule has 90 valence electrons. The molecule has 1 unspecified atom stereocenters. The maximum Gasteiger partial charge on any atom is 0.104 e. The third kappa shape index (κ3) is 3.70. The second kappa shape index (κ2) is 6.84. The summed E-state index contributed by atoms with van der Waals surface area (Å²) >= 11 is 4.12. The van der Waals surface area contributed by atoms with Gasteiger partial charge in [-0.3, -0.25) is 4.99 Å². The molecule has 0 aromatic rings. The minimum absolute atomic E-state index is 0. The number of hydrogen-bond donors (Lipinski definition) is 2. The van der Waals surface area contributed by atoms with Crippen LogP contribution in [0.15, 0.2) is 4.99 Å². The molecule has 0 aromatic carbocycles. The molecule has 3 heterocycles. The van der Waals surface area contributed by atoms with Gasteiger partial charge in [-0.15, -0.1) is 24.8 Å². The third-order valence-electron chi connectivity index (χ3n) is 3.12. The van der Waals surface area contributed by atoms with Gasteiger partial charge in [-0.05, 0) is 31.8 Å². The van der Waals surface area contributed by atoms with Crippen LogP contribution in [0.25, 0.3) is 0 Å². The number of aliphatic imine (C=N–C) groups is 1. The van der Waals surface area contributed by atoms with E-state index >= 15 is 0 Å². The first-order chi connectivity index (χ1) is 6.29. The molecule has 3 saturated heterocycles. The summed E-state index contributed by atoms with van der Waals surface area (Å²) < 4.78 is 0. The Balaban J connectivity index is 0.000000980. The van der Waals surface area contributed by atoms with Crippen molar-refractivity contribution in [3.8, 4) is 0 Å². The highest BCUT2D eigenvalue weighted by Gasteiger charge is 2.33. The second-order valence-electron chi connectivity index (χ2n) is 3.98. The number of rotatable bonds is 2. The lowest BCUT2D eigenvalue weighted by atomic mass is 9.84. The summed E-state index contributed by atoms with van der Waals surface area (Å²) in [5.74, 6) is 2.06. The van der Waals surface area contributed by atoms with Crippen LogP contribution >= 0.6 is 37.4 Å². The number of nitrogens with zero attached hydrogens (tertiary/aromatic N) is 2. The van der Waals surface area contributed by atoms with Crippen molar-refractivity contribution in [2.24, 2.45) is 16.6 Å². The van der Waals surface area contributed by atoms with E-state index in [1.54, 1.807) is 0 Å². The number of nitrogens with two attached hydrogens (primary N) is 1. The maximum absolute atomic E-state index is 5.69. The Bertz CT molecular complexity index is 217. The molecule has 0 radical (unpaired) electrons. The van der Waals surface area contributed by atoms with Crippen LogP contribution in [0.3, 0.4) is 0 Å². The topological polar surface area (TPSA) is 41.6 Å². The molecule has 2 bridgehead atoms. The Morgan fingerprint density at radius 1 is 1.33 bits per heavy atom. The third-order valence-corrected chi connectivity index (χ3v) is 3.44. The fourth-order valence-electron chi connectivity index (χ4n) is 2.33. The largest absolute Gasteiger partial charge is 0.387 e. The van der Waals surface area contributed by atoms with E-state index < -0.39 is 0 Å². The maximum atomic E-state index is 5.69. The Morgan fingerprint density at radius 3 is 2.33 bits per heavy atom. The molecule has 3 rings (SSSR count). The monoisotopic (exact) mass is 271 g/mol. The predicted molar refractivity (Wildman–Crippen MR) is 72.9 cm³/mol. The van der Waals surface area contributed by atoms with E-state index in [-0.39, 0.29) is 24.8 Å². The molecule has 3 nitrogen and oxygen atoms in total. The van der Waals surface area contributed by atoms with Crippen molar-refractivity contribution >= 4 is 43.3 Å². The van der Waals surface area contributed by atoms with Gasteiger partial charge < -0.3 is 10.6 Å². The molecule has 1 atom stereocenters. The van der Waals surface area contributed by atoms with Crippen LogP contribution in [0.5, 0.6) is 0 Å². The van der Waals surface area contributed by atoms with Gasteiger partial charge in [0.05, 0.1) is 6.04 Å². The van der Waals surface area contributed by atoms with Crippen molar-refractivity contribution < 1.29 is 0 Å². The van der Waals surface area contributed by atoms with E-state index in [1.807, 2.05) is 0 Å². The summed E-state index contributed by atoms with van der Waals surface area (Å²) in [5, 5.41) is 0. The van der Waals surface area contributed by atoms with Gasteiger partial charge >= 0.3 is 0 Å². The van der Waals surface area contributed by atoms with Gasteiger partial charge in [-0.1, -0.05) is 0 Å². The molecular weight excluding hydrogens is 253 g/mol. The standard InChI is InChI=1S/C9H17N3S.2ClH/c10-9(6-13)11-8-5-12-3-1-7(8)2-4-12;;/h7-8,13H,1-6H2,(H2,10,11);2*1H. The van der Waals surface area contributed by atoms with Crippen molar-refractivity contribution in [2.75, 3.05) is 25.4 Å².